The molecule has 0 aliphatic carbocycles. The van der Waals surface area contributed by atoms with E-state index in [0.717, 1.165) is 18.7 Å². The molecule has 0 unspecified atom stereocenters. The van der Waals surface area contributed by atoms with E-state index in [0.29, 0.717) is 18.9 Å². The minimum atomic E-state index is -0.108. The summed E-state index contributed by atoms with van der Waals surface area (Å²) >= 11 is 0. The van der Waals surface area contributed by atoms with Crippen LogP contribution < -0.4 is 0 Å². The number of aryl methyl sites for hydroxylation is 1. The van der Waals surface area contributed by atoms with Crippen LogP contribution in [0.5, 0.6) is 0 Å². The molecule has 0 spiro atoms. The normalized spacial score (nSPS) is 10.9. The van der Waals surface area contributed by atoms with Crippen LogP contribution in [-0.4, -0.2) is 40.9 Å². The van der Waals surface area contributed by atoms with Gasteiger partial charge in [-0.15, -0.1) is 5.10 Å². The van der Waals surface area contributed by atoms with Crippen molar-refractivity contribution >= 4 is 0 Å². The summed E-state index contributed by atoms with van der Waals surface area (Å²) in [6.07, 6.45) is 0.863. The molecular weight excluding hydrogens is 198 g/mol. The number of methoxy groups -OCH3 is 2. The molecule has 6 heteroatoms. The summed E-state index contributed by atoms with van der Waals surface area (Å²) in [5.74, 6) is 0. The molecule has 0 aliphatic heterocycles. The third kappa shape index (κ3) is 3.26. The average molecular weight is 215 g/mol. The maximum atomic E-state index is 9.03. The average Bonchev–Trinajstić information content (AvgIpc) is 2.62. The Kier molecular flexibility index (Phi) is 5.23. The maximum absolute atomic E-state index is 9.03. The topological polar surface area (TPSA) is 69.4 Å². The summed E-state index contributed by atoms with van der Waals surface area (Å²) < 4.78 is 11.7. The lowest BCUT2D eigenvalue weighted by atomic mass is 10.3. The van der Waals surface area contributed by atoms with Crippen LogP contribution in [0.2, 0.25) is 0 Å². The first-order chi connectivity index (χ1) is 7.33. The van der Waals surface area contributed by atoms with Gasteiger partial charge in [0.2, 0.25) is 0 Å². The Morgan fingerprint density at radius 2 is 2.13 bits per heavy atom. The number of aromatic nitrogens is 3. The molecule has 0 aromatic carbocycles. The van der Waals surface area contributed by atoms with E-state index < -0.39 is 0 Å². The van der Waals surface area contributed by atoms with Crippen molar-refractivity contribution in [3.63, 3.8) is 0 Å². The first-order valence-corrected chi connectivity index (χ1v) is 4.83. The van der Waals surface area contributed by atoms with E-state index in [4.69, 9.17) is 14.6 Å². The second-order valence-electron chi connectivity index (χ2n) is 3.14. The van der Waals surface area contributed by atoms with Gasteiger partial charge in [-0.3, -0.25) is 0 Å². The fraction of sp³-hybridized carbons (Fsp3) is 0.778. The van der Waals surface area contributed by atoms with Crippen LogP contribution >= 0.6 is 0 Å². The summed E-state index contributed by atoms with van der Waals surface area (Å²) in [7, 11) is 3.27. The third-order valence-electron chi connectivity index (χ3n) is 2.07. The number of rotatable bonds is 7. The minimum Gasteiger partial charge on any atom is -0.390 e. The highest BCUT2D eigenvalue weighted by molar-refractivity contribution is 5.07. The van der Waals surface area contributed by atoms with Gasteiger partial charge in [-0.1, -0.05) is 5.21 Å². The Balaban J connectivity index is 2.64. The second-order valence-corrected chi connectivity index (χ2v) is 3.14. The van der Waals surface area contributed by atoms with Gasteiger partial charge in [0.1, 0.15) is 5.69 Å². The maximum Gasteiger partial charge on any atom is 0.114 e. The first-order valence-electron chi connectivity index (χ1n) is 4.83. The number of hydrogen-bond acceptors (Lipinski definition) is 5. The zero-order chi connectivity index (χ0) is 11.1. The van der Waals surface area contributed by atoms with E-state index in [9.17, 15) is 0 Å². The Morgan fingerprint density at radius 1 is 1.33 bits per heavy atom. The molecule has 0 aliphatic rings. The number of aliphatic hydroxyl groups excluding tert-OH is 1. The SMILES string of the molecule is COCCCn1nnc(CO)c1COC. The van der Waals surface area contributed by atoms with Crippen LogP contribution in [0.15, 0.2) is 0 Å². The van der Waals surface area contributed by atoms with Crippen molar-refractivity contribution in [1.29, 1.82) is 0 Å². The molecule has 0 atom stereocenters. The van der Waals surface area contributed by atoms with Gasteiger partial charge in [0.05, 0.1) is 18.9 Å². The zero-order valence-electron chi connectivity index (χ0n) is 9.14. The van der Waals surface area contributed by atoms with Crippen molar-refractivity contribution in [2.24, 2.45) is 0 Å². The molecule has 1 heterocycles. The molecule has 0 radical (unpaired) electrons. The van der Waals surface area contributed by atoms with Crippen LogP contribution in [0.4, 0.5) is 0 Å². The molecule has 1 aromatic rings. The highest BCUT2D eigenvalue weighted by atomic mass is 16.5. The van der Waals surface area contributed by atoms with Crippen molar-refractivity contribution in [2.45, 2.75) is 26.2 Å². The standard InChI is InChI=1S/C9H17N3O3/c1-14-5-3-4-12-9(7-15-2)8(6-13)10-11-12/h13H,3-7H2,1-2H3. The number of nitrogens with zero attached hydrogens (tertiary/aromatic N) is 3. The van der Waals surface area contributed by atoms with E-state index in [1.807, 2.05) is 0 Å². The summed E-state index contributed by atoms with van der Waals surface area (Å²) in [4.78, 5) is 0. The highest BCUT2D eigenvalue weighted by Crippen LogP contribution is 2.07. The molecule has 0 saturated carbocycles. The summed E-state index contributed by atoms with van der Waals surface area (Å²) in [5.41, 5.74) is 1.41. The molecule has 6 nitrogen and oxygen atoms in total. The first kappa shape index (κ1) is 12.1. The van der Waals surface area contributed by atoms with Crippen LogP contribution in [-0.2, 0) is 29.2 Å². The minimum absolute atomic E-state index is 0.108. The monoisotopic (exact) mass is 215 g/mol. The fourth-order valence-electron chi connectivity index (χ4n) is 1.32. The van der Waals surface area contributed by atoms with E-state index in [1.54, 1.807) is 18.9 Å². The largest absolute Gasteiger partial charge is 0.390 e. The van der Waals surface area contributed by atoms with Crippen molar-refractivity contribution in [2.75, 3.05) is 20.8 Å². The fourth-order valence-corrected chi connectivity index (χ4v) is 1.32. The Labute approximate surface area is 88.8 Å². The van der Waals surface area contributed by atoms with Gasteiger partial charge in [0.15, 0.2) is 0 Å². The molecule has 0 saturated heterocycles. The lowest BCUT2D eigenvalue weighted by Crippen LogP contribution is -2.09. The van der Waals surface area contributed by atoms with Crippen molar-refractivity contribution < 1.29 is 14.6 Å². The zero-order valence-corrected chi connectivity index (χ0v) is 9.14. The summed E-state index contributed by atoms with van der Waals surface area (Å²) in [5, 5.41) is 16.9. The molecule has 1 N–H and O–H groups in total. The third-order valence-corrected chi connectivity index (χ3v) is 2.07. The van der Waals surface area contributed by atoms with Gasteiger partial charge in [0.25, 0.3) is 0 Å². The summed E-state index contributed by atoms with van der Waals surface area (Å²) in [6, 6.07) is 0. The molecule has 86 valence electrons. The molecule has 0 fully saturated rings. The van der Waals surface area contributed by atoms with Crippen LogP contribution in [0.3, 0.4) is 0 Å². The quantitative estimate of drug-likeness (QED) is 0.646. The molecule has 0 amide bonds. The number of hydrogen-bond donors (Lipinski definition) is 1. The predicted octanol–water partition coefficient (Wildman–Crippen LogP) is -0.0467. The van der Waals surface area contributed by atoms with E-state index in [-0.39, 0.29) is 6.61 Å². The van der Waals surface area contributed by atoms with E-state index in [1.165, 1.54) is 0 Å². The van der Waals surface area contributed by atoms with Crippen molar-refractivity contribution in [1.82, 2.24) is 15.0 Å². The van der Waals surface area contributed by atoms with Crippen LogP contribution in [0.25, 0.3) is 0 Å². The van der Waals surface area contributed by atoms with Crippen molar-refractivity contribution in [3.05, 3.63) is 11.4 Å². The predicted molar refractivity (Wildman–Crippen MR) is 53.2 cm³/mol. The molecule has 1 aromatic heterocycles. The Bertz CT molecular complexity index is 288. The Hall–Kier alpha value is -0.980. The van der Waals surface area contributed by atoms with Gasteiger partial charge >= 0.3 is 0 Å². The van der Waals surface area contributed by atoms with Crippen LogP contribution in [0, 0.1) is 0 Å². The molecular formula is C9H17N3O3. The molecule has 1 rings (SSSR count). The molecule has 15 heavy (non-hydrogen) atoms. The Morgan fingerprint density at radius 3 is 2.73 bits per heavy atom. The van der Waals surface area contributed by atoms with Gasteiger partial charge < -0.3 is 14.6 Å². The van der Waals surface area contributed by atoms with Gasteiger partial charge in [-0.25, -0.2) is 4.68 Å². The van der Waals surface area contributed by atoms with E-state index in [2.05, 4.69) is 10.3 Å². The highest BCUT2D eigenvalue weighted by Gasteiger charge is 2.11. The van der Waals surface area contributed by atoms with Crippen molar-refractivity contribution in [3.8, 4) is 0 Å². The lowest BCUT2D eigenvalue weighted by molar-refractivity contribution is 0.167. The van der Waals surface area contributed by atoms with Gasteiger partial charge in [-0.05, 0) is 6.42 Å². The lowest BCUT2D eigenvalue weighted by Gasteiger charge is -2.05. The van der Waals surface area contributed by atoms with E-state index >= 15 is 0 Å². The molecule has 0 bridgehead atoms. The number of aliphatic hydroxyl groups is 1. The van der Waals surface area contributed by atoms with Gasteiger partial charge in [-0.2, -0.15) is 0 Å². The van der Waals surface area contributed by atoms with Gasteiger partial charge in [0, 0.05) is 27.4 Å². The summed E-state index contributed by atoms with van der Waals surface area (Å²) in [6.45, 7) is 1.71. The second kappa shape index (κ2) is 6.49. The van der Waals surface area contributed by atoms with Crippen LogP contribution in [0.1, 0.15) is 17.8 Å². The number of ether oxygens (including phenoxy) is 2. The smallest absolute Gasteiger partial charge is 0.114 e.